The first kappa shape index (κ1) is 15.8. The maximum absolute atomic E-state index is 12.0. The number of aromatic hydroxyl groups is 1. The molecule has 1 heterocycles. The predicted octanol–water partition coefficient (Wildman–Crippen LogP) is 1.36. The van der Waals surface area contributed by atoms with E-state index < -0.39 is 15.6 Å². The van der Waals surface area contributed by atoms with Crippen LogP contribution in [0.3, 0.4) is 0 Å². The normalized spacial score (nSPS) is 12.2. The topological polar surface area (TPSA) is 109 Å². The molecule has 1 aromatic heterocycles. The van der Waals surface area contributed by atoms with Crippen LogP contribution in [-0.4, -0.2) is 19.2 Å². The minimum Gasteiger partial charge on any atom is -0.507 e. The Hall–Kier alpha value is -2.61. The number of hydrazone groups is 1. The predicted molar refractivity (Wildman–Crippen MR) is 80.4 cm³/mol. The van der Waals surface area contributed by atoms with Crippen LogP contribution in [0.2, 0.25) is 0 Å². The lowest BCUT2D eigenvalue weighted by Crippen LogP contribution is -2.22. The number of aryl methyl sites for hydroxylation is 1. The summed E-state index contributed by atoms with van der Waals surface area (Å²) in [5.74, 6) is -0.0853. The number of hydrogen-bond donors (Lipinski definition) is 2. The molecule has 0 unspecified atom stereocenters. The Morgan fingerprint density at radius 1 is 1.27 bits per heavy atom. The van der Waals surface area contributed by atoms with Gasteiger partial charge in [-0.2, -0.15) is 18.4 Å². The van der Waals surface area contributed by atoms with Crippen LogP contribution in [-0.2, 0) is 10.0 Å². The molecule has 7 nitrogen and oxygen atoms in total. The van der Waals surface area contributed by atoms with Gasteiger partial charge in [0.05, 0.1) is 10.6 Å². The highest BCUT2D eigenvalue weighted by molar-refractivity contribution is 7.89. The third-order valence-electron chi connectivity index (χ3n) is 2.80. The number of hydrogen-bond acceptors (Lipinski definition) is 6. The van der Waals surface area contributed by atoms with Crippen molar-refractivity contribution in [3.05, 3.63) is 58.1 Å². The van der Waals surface area contributed by atoms with E-state index in [0.717, 1.165) is 0 Å². The summed E-state index contributed by atoms with van der Waals surface area (Å²) in [6.45, 7) is 2.89. The fraction of sp³-hybridized carbons (Fsp3) is 0.143. The lowest BCUT2D eigenvalue weighted by Gasteiger charge is -2.06. The summed E-state index contributed by atoms with van der Waals surface area (Å²) in [6.07, 6.45) is 0. The Bertz CT molecular complexity index is 870. The number of sulfonamides is 1. The molecule has 22 heavy (non-hydrogen) atoms. The summed E-state index contributed by atoms with van der Waals surface area (Å²) in [5, 5.41) is 13.4. The van der Waals surface area contributed by atoms with Crippen molar-refractivity contribution in [1.82, 2.24) is 4.83 Å². The summed E-state index contributed by atoms with van der Waals surface area (Å²) in [5.41, 5.74) is -0.996. The number of benzene rings is 1. The van der Waals surface area contributed by atoms with Gasteiger partial charge in [-0.05, 0) is 26.0 Å². The number of nitrogens with zero attached hydrogens (tertiary/aromatic N) is 1. The Balaban J connectivity index is 2.34. The van der Waals surface area contributed by atoms with Crippen molar-refractivity contribution >= 4 is 15.7 Å². The molecular formula is C14H14N2O5S. The molecule has 1 aromatic carbocycles. The van der Waals surface area contributed by atoms with Crippen molar-refractivity contribution in [3.8, 4) is 5.75 Å². The van der Waals surface area contributed by atoms with Crippen molar-refractivity contribution in [2.45, 2.75) is 18.7 Å². The highest BCUT2D eigenvalue weighted by Gasteiger charge is 2.16. The summed E-state index contributed by atoms with van der Waals surface area (Å²) in [6, 6.07) is 8.90. The second-order valence-corrected chi connectivity index (χ2v) is 6.17. The van der Waals surface area contributed by atoms with Crippen molar-refractivity contribution < 1.29 is 17.9 Å². The van der Waals surface area contributed by atoms with E-state index >= 15 is 0 Å². The van der Waals surface area contributed by atoms with Crippen molar-refractivity contribution in [2.75, 3.05) is 0 Å². The molecule has 2 N–H and O–H groups in total. The molecule has 0 aliphatic rings. The van der Waals surface area contributed by atoms with Crippen molar-refractivity contribution in [3.63, 3.8) is 0 Å². The van der Waals surface area contributed by atoms with E-state index in [1.165, 1.54) is 32.0 Å². The van der Waals surface area contributed by atoms with Crippen LogP contribution in [0.1, 0.15) is 18.2 Å². The molecule has 0 aliphatic heterocycles. The van der Waals surface area contributed by atoms with Gasteiger partial charge in [-0.15, -0.1) is 0 Å². The van der Waals surface area contributed by atoms with E-state index in [1.807, 2.05) is 4.83 Å². The molecule has 0 bridgehead atoms. The van der Waals surface area contributed by atoms with E-state index in [0.29, 0.717) is 0 Å². The van der Waals surface area contributed by atoms with Crippen LogP contribution in [0.4, 0.5) is 0 Å². The molecule has 0 saturated carbocycles. The van der Waals surface area contributed by atoms with E-state index in [1.54, 1.807) is 18.2 Å². The Morgan fingerprint density at radius 2 is 1.91 bits per heavy atom. The smallest absolute Gasteiger partial charge is 0.348 e. The van der Waals surface area contributed by atoms with Gasteiger partial charge in [-0.1, -0.05) is 18.2 Å². The van der Waals surface area contributed by atoms with Crippen LogP contribution in [0.15, 0.2) is 55.6 Å². The van der Waals surface area contributed by atoms with Gasteiger partial charge in [0, 0.05) is 6.07 Å². The van der Waals surface area contributed by atoms with Crippen molar-refractivity contribution in [1.29, 1.82) is 0 Å². The molecule has 0 aliphatic carbocycles. The fourth-order valence-corrected chi connectivity index (χ4v) is 2.64. The maximum atomic E-state index is 12.0. The zero-order valence-electron chi connectivity index (χ0n) is 11.9. The molecule has 8 heteroatoms. The maximum Gasteiger partial charge on any atom is 0.348 e. The molecule has 0 fully saturated rings. The Kier molecular flexibility index (Phi) is 4.32. The van der Waals surface area contributed by atoms with Gasteiger partial charge in [0.1, 0.15) is 17.1 Å². The zero-order chi connectivity index (χ0) is 16.3. The molecular weight excluding hydrogens is 308 g/mol. The lowest BCUT2D eigenvalue weighted by molar-refractivity contribution is 0.432. The molecule has 0 radical (unpaired) electrons. The van der Waals surface area contributed by atoms with E-state index in [-0.39, 0.29) is 27.7 Å². The highest BCUT2D eigenvalue weighted by Crippen LogP contribution is 2.15. The highest BCUT2D eigenvalue weighted by atomic mass is 32.2. The first-order chi connectivity index (χ1) is 10.3. The zero-order valence-corrected chi connectivity index (χ0v) is 12.7. The number of nitrogens with one attached hydrogen (secondary N) is 1. The quantitative estimate of drug-likeness (QED) is 0.652. The third-order valence-corrected chi connectivity index (χ3v) is 4.03. The standard InChI is InChI=1S/C14H14N2O5S/c1-9-8-12(17)13(14(18)21-9)10(2)15-16-22(19,20)11-6-4-3-5-7-11/h3-8,16-17H,1-2H3. The average molecular weight is 322 g/mol. The van der Waals surface area contributed by atoms with Gasteiger partial charge >= 0.3 is 5.63 Å². The molecule has 0 spiro atoms. The van der Waals surface area contributed by atoms with Gasteiger partial charge in [0.15, 0.2) is 0 Å². The van der Waals surface area contributed by atoms with E-state index in [2.05, 4.69) is 5.10 Å². The molecule has 2 rings (SSSR count). The second-order valence-electron chi connectivity index (χ2n) is 4.51. The van der Waals surface area contributed by atoms with E-state index in [4.69, 9.17) is 4.42 Å². The molecule has 0 amide bonds. The second kappa shape index (κ2) is 6.02. The lowest BCUT2D eigenvalue weighted by atomic mass is 10.2. The number of rotatable bonds is 4. The Labute approximate surface area is 127 Å². The van der Waals surface area contributed by atoms with Gasteiger partial charge < -0.3 is 9.52 Å². The minimum atomic E-state index is -3.85. The molecule has 116 valence electrons. The SMILES string of the molecule is CC(=NNS(=O)(=O)c1ccccc1)c1c(O)cc(C)oc1=O. The van der Waals surface area contributed by atoms with Gasteiger partial charge in [0.2, 0.25) is 0 Å². The van der Waals surface area contributed by atoms with E-state index in [9.17, 15) is 18.3 Å². The van der Waals surface area contributed by atoms with Gasteiger partial charge in [-0.3, -0.25) is 0 Å². The van der Waals surface area contributed by atoms with Gasteiger partial charge in [0.25, 0.3) is 10.0 Å². The van der Waals surface area contributed by atoms with Crippen LogP contribution in [0, 0.1) is 6.92 Å². The fourth-order valence-electron chi connectivity index (χ4n) is 1.77. The third kappa shape index (κ3) is 3.34. The molecule has 0 saturated heterocycles. The van der Waals surface area contributed by atoms with Crippen LogP contribution < -0.4 is 10.5 Å². The monoisotopic (exact) mass is 322 g/mol. The first-order valence-electron chi connectivity index (χ1n) is 6.26. The Morgan fingerprint density at radius 3 is 2.50 bits per heavy atom. The summed E-state index contributed by atoms with van der Waals surface area (Å²) in [7, 11) is -3.85. The summed E-state index contributed by atoms with van der Waals surface area (Å²) < 4.78 is 28.9. The first-order valence-corrected chi connectivity index (χ1v) is 7.75. The van der Waals surface area contributed by atoms with Crippen LogP contribution in [0.5, 0.6) is 5.75 Å². The summed E-state index contributed by atoms with van der Waals surface area (Å²) >= 11 is 0. The summed E-state index contributed by atoms with van der Waals surface area (Å²) in [4.78, 5) is 13.8. The van der Waals surface area contributed by atoms with Gasteiger partial charge in [-0.25, -0.2) is 4.79 Å². The largest absolute Gasteiger partial charge is 0.507 e. The average Bonchev–Trinajstić information content (AvgIpc) is 2.45. The van der Waals surface area contributed by atoms with Crippen molar-refractivity contribution in [2.24, 2.45) is 5.10 Å². The molecule has 2 aromatic rings. The minimum absolute atomic E-state index is 0.00856. The van der Waals surface area contributed by atoms with Crippen LogP contribution >= 0.6 is 0 Å². The molecule has 0 atom stereocenters. The van der Waals surface area contributed by atoms with Crippen LogP contribution in [0.25, 0.3) is 0 Å².